The number of carbonyl (C=O) groups is 1. The van der Waals surface area contributed by atoms with Crippen LogP contribution in [0.25, 0.3) is 5.69 Å². The first kappa shape index (κ1) is 20.1. The van der Waals surface area contributed by atoms with Gasteiger partial charge in [-0.05, 0) is 89.7 Å². The lowest BCUT2D eigenvalue weighted by molar-refractivity contribution is 0.0588. The molecular weight excluding hydrogens is 367 g/mol. The first-order chi connectivity index (χ1) is 14.0. The minimum absolute atomic E-state index is 0.0129. The molecule has 1 atom stereocenters. The smallest absolute Gasteiger partial charge is 0.254 e. The fourth-order valence-corrected chi connectivity index (χ4v) is 4.75. The zero-order valence-electron chi connectivity index (χ0n) is 17.5. The molecule has 4 rings (SSSR count). The number of rotatable bonds is 5. The maximum absolute atomic E-state index is 14.5. The third-order valence-corrected chi connectivity index (χ3v) is 6.30. The lowest BCUT2D eigenvalue weighted by Gasteiger charge is -2.37. The molecule has 2 aromatic rings. The first-order valence-electron chi connectivity index (χ1n) is 10.9. The topological polar surface area (TPSA) is 41.4 Å². The van der Waals surface area contributed by atoms with Crippen LogP contribution in [0, 0.1) is 19.7 Å². The van der Waals surface area contributed by atoms with Gasteiger partial charge in [0, 0.05) is 30.4 Å². The average molecular weight is 399 g/mol. The van der Waals surface area contributed by atoms with Crippen molar-refractivity contribution >= 4 is 5.91 Å². The highest BCUT2D eigenvalue weighted by molar-refractivity contribution is 5.95. The van der Waals surface area contributed by atoms with E-state index in [1.54, 1.807) is 16.8 Å². The van der Waals surface area contributed by atoms with Gasteiger partial charge in [-0.1, -0.05) is 0 Å². The number of nitrogens with zero attached hydrogens (tertiary/aromatic N) is 4. The summed E-state index contributed by atoms with van der Waals surface area (Å²) in [6, 6.07) is 6.84. The van der Waals surface area contributed by atoms with Crippen LogP contribution in [-0.2, 0) is 0 Å². The molecule has 29 heavy (non-hydrogen) atoms. The molecule has 5 nitrogen and oxygen atoms in total. The van der Waals surface area contributed by atoms with Gasteiger partial charge in [-0.25, -0.2) is 9.07 Å². The van der Waals surface area contributed by atoms with Gasteiger partial charge in [0.1, 0.15) is 11.5 Å². The molecule has 1 aromatic carbocycles. The second-order valence-corrected chi connectivity index (χ2v) is 8.49. The van der Waals surface area contributed by atoms with Crippen molar-refractivity contribution in [3.63, 3.8) is 0 Å². The molecule has 3 heterocycles. The van der Waals surface area contributed by atoms with Crippen molar-refractivity contribution in [2.75, 3.05) is 26.2 Å². The van der Waals surface area contributed by atoms with Gasteiger partial charge in [0.2, 0.25) is 0 Å². The second kappa shape index (κ2) is 8.66. The second-order valence-electron chi connectivity index (χ2n) is 8.49. The van der Waals surface area contributed by atoms with Gasteiger partial charge in [0.25, 0.3) is 5.91 Å². The molecule has 0 N–H and O–H groups in total. The molecule has 2 fully saturated rings. The van der Waals surface area contributed by atoms with Crippen molar-refractivity contribution in [3.05, 3.63) is 47.0 Å². The molecule has 6 heteroatoms. The van der Waals surface area contributed by atoms with E-state index in [4.69, 9.17) is 0 Å². The predicted octanol–water partition coefficient (Wildman–Crippen LogP) is 4.11. The Kier molecular flexibility index (Phi) is 5.99. The Bertz CT molecular complexity index is 872. The van der Waals surface area contributed by atoms with E-state index in [1.165, 1.54) is 38.4 Å². The summed E-state index contributed by atoms with van der Waals surface area (Å²) in [4.78, 5) is 17.9. The third-order valence-electron chi connectivity index (χ3n) is 6.30. The Morgan fingerprint density at radius 3 is 2.59 bits per heavy atom. The fourth-order valence-electron chi connectivity index (χ4n) is 4.75. The predicted molar refractivity (Wildman–Crippen MR) is 112 cm³/mol. The number of aryl methyl sites for hydroxylation is 2. The quantitative estimate of drug-likeness (QED) is 0.761. The van der Waals surface area contributed by atoms with Gasteiger partial charge in [-0.2, -0.15) is 5.10 Å². The van der Waals surface area contributed by atoms with Gasteiger partial charge >= 0.3 is 0 Å². The summed E-state index contributed by atoms with van der Waals surface area (Å²) < 4.78 is 16.1. The van der Waals surface area contributed by atoms with Gasteiger partial charge in [0.05, 0.1) is 5.69 Å². The molecule has 1 aromatic heterocycles. The van der Waals surface area contributed by atoms with Crippen molar-refractivity contribution in [1.82, 2.24) is 19.6 Å². The highest BCUT2D eigenvalue weighted by Gasteiger charge is 2.28. The molecule has 2 aliphatic heterocycles. The average Bonchev–Trinajstić information content (AvgIpc) is 3.35. The number of carbonyl (C=O) groups excluding carboxylic acids is 1. The highest BCUT2D eigenvalue weighted by Crippen LogP contribution is 2.25. The highest BCUT2D eigenvalue weighted by atomic mass is 19.1. The van der Waals surface area contributed by atoms with Crippen molar-refractivity contribution in [1.29, 1.82) is 0 Å². The van der Waals surface area contributed by atoms with Crippen LogP contribution in [0.4, 0.5) is 4.39 Å². The van der Waals surface area contributed by atoms with E-state index >= 15 is 0 Å². The van der Waals surface area contributed by atoms with E-state index in [2.05, 4.69) is 10.00 Å². The number of halogens is 1. The number of aromatic nitrogens is 2. The summed E-state index contributed by atoms with van der Waals surface area (Å²) in [5, 5.41) is 4.39. The van der Waals surface area contributed by atoms with E-state index in [0.717, 1.165) is 43.7 Å². The lowest BCUT2D eigenvalue weighted by atomic mass is 9.97. The largest absolute Gasteiger partial charge is 0.336 e. The standard InChI is InChI=1S/C23H31FN4O/c1-17-15-18(2)28(25-17)22-16-19(8-9-21(22)24)23(29)27-13-4-3-7-20(27)10-14-26-11-5-6-12-26/h8-9,15-16,20H,3-7,10-14H2,1-2H3/t20-/m0/s1. The minimum atomic E-state index is -0.364. The lowest BCUT2D eigenvalue weighted by Crippen LogP contribution is -2.45. The maximum atomic E-state index is 14.5. The molecule has 1 amide bonds. The van der Waals surface area contributed by atoms with E-state index in [1.807, 2.05) is 24.8 Å². The molecule has 0 unspecified atom stereocenters. The zero-order chi connectivity index (χ0) is 20.4. The Balaban J connectivity index is 1.54. The fraction of sp³-hybridized carbons (Fsp3) is 0.565. The van der Waals surface area contributed by atoms with Crippen LogP contribution in [0.15, 0.2) is 24.3 Å². The number of amides is 1. The summed E-state index contributed by atoms with van der Waals surface area (Å²) in [5.74, 6) is -0.351. The summed E-state index contributed by atoms with van der Waals surface area (Å²) in [5.41, 5.74) is 2.57. The summed E-state index contributed by atoms with van der Waals surface area (Å²) in [7, 11) is 0. The molecule has 0 aliphatic carbocycles. The molecule has 0 bridgehead atoms. The normalized spacial score (nSPS) is 20.4. The van der Waals surface area contributed by atoms with E-state index in [-0.39, 0.29) is 17.8 Å². The third kappa shape index (κ3) is 4.37. The molecule has 2 saturated heterocycles. The van der Waals surface area contributed by atoms with Gasteiger partial charge < -0.3 is 9.80 Å². The molecule has 156 valence electrons. The summed E-state index contributed by atoms with van der Waals surface area (Å²) in [6.45, 7) is 8.00. The van der Waals surface area contributed by atoms with Crippen LogP contribution < -0.4 is 0 Å². The molecule has 0 spiro atoms. The van der Waals surface area contributed by atoms with Crippen molar-refractivity contribution in [3.8, 4) is 5.69 Å². The van der Waals surface area contributed by atoms with Gasteiger partial charge in [0.15, 0.2) is 0 Å². The van der Waals surface area contributed by atoms with E-state index in [0.29, 0.717) is 11.3 Å². The van der Waals surface area contributed by atoms with Crippen LogP contribution in [0.5, 0.6) is 0 Å². The number of piperidine rings is 1. The summed E-state index contributed by atoms with van der Waals surface area (Å²) in [6.07, 6.45) is 6.88. The minimum Gasteiger partial charge on any atom is -0.336 e. The van der Waals surface area contributed by atoms with Crippen LogP contribution in [0.2, 0.25) is 0 Å². The van der Waals surface area contributed by atoms with Crippen molar-refractivity contribution in [2.45, 2.75) is 58.4 Å². The van der Waals surface area contributed by atoms with Crippen LogP contribution in [0.3, 0.4) is 0 Å². The summed E-state index contributed by atoms with van der Waals surface area (Å²) >= 11 is 0. The van der Waals surface area contributed by atoms with Crippen LogP contribution >= 0.6 is 0 Å². The van der Waals surface area contributed by atoms with E-state index in [9.17, 15) is 9.18 Å². The van der Waals surface area contributed by atoms with E-state index < -0.39 is 0 Å². The number of hydrogen-bond acceptors (Lipinski definition) is 3. The zero-order valence-corrected chi connectivity index (χ0v) is 17.5. The van der Waals surface area contributed by atoms with Crippen molar-refractivity contribution in [2.24, 2.45) is 0 Å². The number of likely N-dealkylation sites (tertiary alicyclic amines) is 2. The van der Waals surface area contributed by atoms with Crippen LogP contribution in [0.1, 0.15) is 60.3 Å². The number of benzene rings is 1. The van der Waals surface area contributed by atoms with Gasteiger partial charge in [-0.15, -0.1) is 0 Å². The Morgan fingerprint density at radius 2 is 1.86 bits per heavy atom. The Labute approximate surface area is 172 Å². The van der Waals surface area contributed by atoms with Crippen molar-refractivity contribution < 1.29 is 9.18 Å². The molecule has 2 aliphatic rings. The SMILES string of the molecule is Cc1cc(C)n(-c2cc(C(=O)N3CCCC[C@H]3CCN3CCCC3)ccc2F)n1. The monoisotopic (exact) mass is 398 g/mol. The Morgan fingerprint density at radius 1 is 1.10 bits per heavy atom. The van der Waals surface area contributed by atoms with Gasteiger partial charge in [-0.3, -0.25) is 4.79 Å². The molecular formula is C23H31FN4O. The molecule has 0 radical (unpaired) electrons. The first-order valence-corrected chi connectivity index (χ1v) is 10.9. The Hall–Kier alpha value is -2.21. The maximum Gasteiger partial charge on any atom is 0.254 e. The van der Waals surface area contributed by atoms with Crippen LogP contribution in [-0.4, -0.2) is 57.7 Å². The molecule has 0 saturated carbocycles. The number of hydrogen-bond donors (Lipinski definition) is 0.